The van der Waals surface area contributed by atoms with Gasteiger partial charge in [-0.1, -0.05) is 31.9 Å². The first kappa shape index (κ1) is 23.2. The summed E-state index contributed by atoms with van der Waals surface area (Å²) < 4.78 is 25.9. The van der Waals surface area contributed by atoms with Crippen molar-refractivity contribution in [1.82, 2.24) is 10.6 Å². The number of aryl methyl sites for hydroxylation is 2. The number of piperidine rings is 1. The molecule has 2 aliphatic rings. The molecule has 0 atom stereocenters. The summed E-state index contributed by atoms with van der Waals surface area (Å²) >= 11 is 0. The molecule has 1 aromatic rings. The van der Waals surface area contributed by atoms with E-state index in [0.717, 1.165) is 44.3 Å². The number of carbonyl (C=O) groups excluding carboxylic acids is 1. The summed E-state index contributed by atoms with van der Waals surface area (Å²) in [5.41, 5.74) is 1.64. The summed E-state index contributed by atoms with van der Waals surface area (Å²) in [6, 6.07) is 5.46. The van der Waals surface area contributed by atoms with E-state index in [1.54, 1.807) is 6.07 Å². The standard InChI is InChI=1S/C21H32N2O3S.ClH/c1-16-6-7-17(2)18(14-16)27(25,26)21(8-4-5-9-21)19(24)23-15-20(3)10-12-22-13-11-20;/h6-7,14,22H,4-5,8-13,15H2,1-3H3,(H,23,24);1H. The maximum atomic E-state index is 13.6. The van der Waals surface area contributed by atoms with Crippen molar-refractivity contribution >= 4 is 28.2 Å². The zero-order valence-corrected chi connectivity index (χ0v) is 18.8. The number of amides is 1. The van der Waals surface area contributed by atoms with E-state index in [4.69, 9.17) is 0 Å². The van der Waals surface area contributed by atoms with Crippen molar-refractivity contribution in [3.05, 3.63) is 29.3 Å². The van der Waals surface area contributed by atoms with Gasteiger partial charge in [0.15, 0.2) is 14.6 Å². The molecule has 1 aliphatic heterocycles. The second-order valence-electron chi connectivity index (χ2n) is 8.72. The number of rotatable bonds is 5. The largest absolute Gasteiger partial charge is 0.354 e. The SMILES string of the molecule is Cc1ccc(C)c(S(=O)(=O)C2(C(=O)NCC3(C)CCNCC3)CCCC2)c1.Cl. The molecular formula is C21H33ClN2O3S. The molecule has 0 unspecified atom stereocenters. The van der Waals surface area contributed by atoms with Crippen molar-refractivity contribution in [3.8, 4) is 0 Å². The highest BCUT2D eigenvalue weighted by molar-refractivity contribution is 7.93. The van der Waals surface area contributed by atoms with Crippen LogP contribution >= 0.6 is 12.4 Å². The van der Waals surface area contributed by atoms with Gasteiger partial charge in [0.05, 0.1) is 4.90 Å². The Morgan fingerprint density at radius 3 is 2.32 bits per heavy atom. The Kier molecular flexibility index (Phi) is 7.22. The lowest BCUT2D eigenvalue weighted by molar-refractivity contribution is -0.124. The molecule has 28 heavy (non-hydrogen) atoms. The normalized spacial score (nSPS) is 21.0. The first-order valence-corrected chi connectivity index (χ1v) is 11.5. The first-order chi connectivity index (χ1) is 12.7. The van der Waals surface area contributed by atoms with Crippen LogP contribution in [0, 0.1) is 19.3 Å². The zero-order valence-electron chi connectivity index (χ0n) is 17.1. The third-order valence-corrected chi connectivity index (χ3v) is 9.10. The Morgan fingerprint density at radius 2 is 1.71 bits per heavy atom. The highest BCUT2D eigenvalue weighted by Gasteiger charge is 2.53. The van der Waals surface area contributed by atoms with Gasteiger partial charge < -0.3 is 10.6 Å². The molecule has 0 bridgehead atoms. The quantitative estimate of drug-likeness (QED) is 0.754. The van der Waals surface area contributed by atoms with E-state index in [1.807, 2.05) is 26.0 Å². The highest BCUT2D eigenvalue weighted by atomic mass is 35.5. The van der Waals surface area contributed by atoms with Crippen molar-refractivity contribution in [2.24, 2.45) is 5.41 Å². The second kappa shape index (κ2) is 8.72. The number of hydrogen-bond acceptors (Lipinski definition) is 4. The molecule has 1 amide bonds. The van der Waals surface area contributed by atoms with E-state index in [2.05, 4.69) is 17.6 Å². The third-order valence-electron chi connectivity index (χ3n) is 6.46. The van der Waals surface area contributed by atoms with Crippen LogP contribution in [-0.2, 0) is 14.6 Å². The van der Waals surface area contributed by atoms with E-state index in [1.165, 1.54) is 0 Å². The zero-order chi connectivity index (χ0) is 19.7. The summed E-state index contributed by atoms with van der Waals surface area (Å²) in [6.45, 7) is 8.30. The molecule has 7 heteroatoms. The number of hydrogen-bond donors (Lipinski definition) is 2. The molecule has 1 saturated heterocycles. The summed E-state index contributed by atoms with van der Waals surface area (Å²) in [4.78, 5) is 13.6. The van der Waals surface area contributed by atoms with Crippen LogP contribution in [0.5, 0.6) is 0 Å². The molecule has 1 aliphatic carbocycles. The molecule has 0 spiro atoms. The van der Waals surface area contributed by atoms with Crippen LogP contribution < -0.4 is 10.6 Å². The minimum absolute atomic E-state index is 0. The Bertz CT molecular complexity index is 811. The van der Waals surface area contributed by atoms with Crippen molar-refractivity contribution in [3.63, 3.8) is 0 Å². The maximum absolute atomic E-state index is 13.6. The van der Waals surface area contributed by atoms with E-state index in [9.17, 15) is 13.2 Å². The molecule has 1 aromatic carbocycles. The van der Waals surface area contributed by atoms with E-state index in [0.29, 0.717) is 29.8 Å². The molecule has 3 rings (SSSR count). The summed E-state index contributed by atoms with van der Waals surface area (Å²) in [5, 5.41) is 6.38. The molecule has 0 aromatic heterocycles. The number of carbonyl (C=O) groups is 1. The minimum Gasteiger partial charge on any atom is -0.354 e. The maximum Gasteiger partial charge on any atom is 0.241 e. The van der Waals surface area contributed by atoms with Crippen LogP contribution in [0.15, 0.2) is 23.1 Å². The average Bonchev–Trinajstić information content (AvgIpc) is 3.14. The van der Waals surface area contributed by atoms with Gasteiger partial charge in [0, 0.05) is 6.54 Å². The lowest BCUT2D eigenvalue weighted by Gasteiger charge is -2.36. The summed E-state index contributed by atoms with van der Waals surface area (Å²) in [5.74, 6) is -0.305. The first-order valence-electron chi connectivity index (χ1n) is 10.0. The molecule has 1 heterocycles. The van der Waals surface area contributed by atoms with Gasteiger partial charge in [-0.2, -0.15) is 0 Å². The van der Waals surface area contributed by atoms with E-state index >= 15 is 0 Å². The lowest BCUT2D eigenvalue weighted by atomic mass is 9.81. The van der Waals surface area contributed by atoms with E-state index < -0.39 is 14.6 Å². The molecular weight excluding hydrogens is 396 g/mol. The summed E-state index contributed by atoms with van der Waals surface area (Å²) in [7, 11) is -3.75. The number of benzene rings is 1. The third kappa shape index (κ3) is 4.24. The fourth-order valence-electron chi connectivity index (χ4n) is 4.43. The number of nitrogens with one attached hydrogen (secondary N) is 2. The Labute approximate surface area is 175 Å². The number of sulfone groups is 1. The Balaban J connectivity index is 0.00000280. The van der Waals surface area contributed by atoms with Gasteiger partial charge >= 0.3 is 0 Å². The van der Waals surface area contributed by atoms with Gasteiger partial charge in [-0.3, -0.25) is 4.79 Å². The smallest absolute Gasteiger partial charge is 0.241 e. The number of halogens is 1. The monoisotopic (exact) mass is 428 g/mol. The van der Waals surface area contributed by atoms with E-state index in [-0.39, 0.29) is 23.7 Å². The second-order valence-corrected chi connectivity index (χ2v) is 10.9. The summed E-state index contributed by atoms with van der Waals surface area (Å²) in [6.07, 6.45) is 4.35. The molecule has 5 nitrogen and oxygen atoms in total. The van der Waals surface area contributed by atoms with Crippen LogP contribution in [0.4, 0.5) is 0 Å². The Morgan fingerprint density at radius 1 is 1.11 bits per heavy atom. The van der Waals surface area contributed by atoms with Gasteiger partial charge in [0.1, 0.15) is 0 Å². The minimum atomic E-state index is -3.75. The molecule has 2 N–H and O–H groups in total. The van der Waals surface area contributed by atoms with Gasteiger partial charge in [-0.05, 0) is 75.2 Å². The Hall–Kier alpha value is -1.11. The van der Waals surface area contributed by atoms with Crippen LogP contribution in [0.1, 0.15) is 56.6 Å². The predicted octanol–water partition coefficient (Wildman–Crippen LogP) is 3.32. The van der Waals surface area contributed by atoms with Crippen LogP contribution in [0.2, 0.25) is 0 Å². The topological polar surface area (TPSA) is 75.3 Å². The van der Waals surface area contributed by atoms with Gasteiger partial charge in [0.2, 0.25) is 5.91 Å². The van der Waals surface area contributed by atoms with Crippen molar-refractivity contribution in [2.75, 3.05) is 19.6 Å². The molecule has 2 fully saturated rings. The fourth-order valence-corrected chi connectivity index (χ4v) is 6.83. The van der Waals surface area contributed by atoms with Crippen molar-refractivity contribution in [1.29, 1.82) is 0 Å². The van der Waals surface area contributed by atoms with Crippen molar-refractivity contribution < 1.29 is 13.2 Å². The fraction of sp³-hybridized carbons (Fsp3) is 0.667. The van der Waals surface area contributed by atoms with Gasteiger partial charge in [0.25, 0.3) is 0 Å². The van der Waals surface area contributed by atoms with Crippen molar-refractivity contribution in [2.45, 2.75) is 68.9 Å². The van der Waals surface area contributed by atoms with Crippen LogP contribution in [0.3, 0.4) is 0 Å². The van der Waals surface area contributed by atoms with Gasteiger partial charge in [-0.15, -0.1) is 12.4 Å². The predicted molar refractivity (Wildman–Crippen MR) is 115 cm³/mol. The highest BCUT2D eigenvalue weighted by Crippen LogP contribution is 2.42. The van der Waals surface area contributed by atoms with Crippen LogP contribution in [-0.4, -0.2) is 38.7 Å². The average molecular weight is 429 g/mol. The van der Waals surface area contributed by atoms with Crippen LogP contribution in [0.25, 0.3) is 0 Å². The molecule has 1 saturated carbocycles. The lowest BCUT2D eigenvalue weighted by Crippen LogP contribution is -2.53. The molecule has 0 radical (unpaired) electrons. The molecule has 158 valence electrons. The van der Waals surface area contributed by atoms with Gasteiger partial charge in [-0.25, -0.2) is 8.42 Å².